The summed E-state index contributed by atoms with van der Waals surface area (Å²) in [5.74, 6) is -7.38. The maximum absolute atomic E-state index is 12.8. The molecule has 4 unspecified atom stereocenters. The molecule has 0 aromatic heterocycles. The molecule has 16 nitrogen and oxygen atoms in total. The van der Waals surface area contributed by atoms with Gasteiger partial charge in [0.05, 0.1) is 18.9 Å². The van der Waals surface area contributed by atoms with Crippen LogP contribution < -0.4 is 38.9 Å². The Morgan fingerprint density at radius 1 is 0.711 bits per heavy atom. The van der Waals surface area contributed by atoms with E-state index in [2.05, 4.69) is 16.0 Å². The molecule has 0 fully saturated rings. The second-order valence-electron chi connectivity index (χ2n) is 8.34. The second-order valence-corrected chi connectivity index (χ2v) is 8.34. The van der Waals surface area contributed by atoms with Crippen molar-refractivity contribution in [2.45, 2.75) is 56.3 Å². The Balaban J connectivity index is 3.02. The third-order valence-corrected chi connectivity index (χ3v) is 5.11. The first kappa shape index (κ1) is 31.3. The monoisotopic (exact) mass is 537 g/mol. The van der Waals surface area contributed by atoms with E-state index < -0.39 is 78.4 Å². The third kappa shape index (κ3) is 11.3. The summed E-state index contributed by atoms with van der Waals surface area (Å²) >= 11 is 0. The Kier molecular flexibility index (Phi) is 12.1. The van der Waals surface area contributed by atoms with E-state index in [1.54, 1.807) is 0 Å². The smallest absolute Gasteiger partial charge is 0.326 e. The van der Waals surface area contributed by atoms with E-state index in [4.69, 9.17) is 22.9 Å². The van der Waals surface area contributed by atoms with Gasteiger partial charge in [0.2, 0.25) is 35.4 Å². The van der Waals surface area contributed by atoms with Crippen molar-refractivity contribution in [2.75, 3.05) is 0 Å². The minimum Gasteiger partial charge on any atom is -0.508 e. The number of nitrogens with two attached hydrogens (primary N) is 4. The van der Waals surface area contributed by atoms with E-state index in [0.717, 1.165) is 0 Å². The summed E-state index contributed by atoms with van der Waals surface area (Å²) in [5.41, 5.74) is 21.4. The lowest BCUT2D eigenvalue weighted by molar-refractivity contribution is -0.142. The molecule has 0 spiro atoms. The first-order valence-electron chi connectivity index (χ1n) is 11.2. The van der Waals surface area contributed by atoms with Gasteiger partial charge in [-0.25, -0.2) is 4.79 Å². The topological polar surface area (TPSA) is 300 Å². The molecule has 38 heavy (non-hydrogen) atoms. The molecule has 1 aromatic rings. The highest BCUT2D eigenvalue weighted by atomic mass is 16.4. The van der Waals surface area contributed by atoms with E-state index >= 15 is 0 Å². The van der Waals surface area contributed by atoms with Gasteiger partial charge in [0, 0.05) is 12.8 Å². The summed E-state index contributed by atoms with van der Waals surface area (Å²) in [7, 11) is 0. The van der Waals surface area contributed by atoms with Gasteiger partial charge >= 0.3 is 5.97 Å². The molecule has 0 aliphatic carbocycles. The molecule has 13 N–H and O–H groups in total. The number of hydrogen-bond acceptors (Lipinski definition) is 9. The van der Waals surface area contributed by atoms with Crippen molar-refractivity contribution in [3.8, 4) is 5.75 Å². The van der Waals surface area contributed by atoms with Gasteiger partial charge in [-0.1, -0.05) is 12.1 Å². The van der Waals surface area contributed by atoms with Crippen LogP contribution in [-0.4, -0.2) is 75.8 Å². The zero-order valence-corrected chi connectivity index (χ0v) is 20.2. The van der Waals surface area contributed by atoms with Crippen LogP contribution in [0.3, 0.4) is 0 Å². The number of carboxylic acid groups (broad SMARTS) is 1. The number of phenolic OH excluding ortho intramolecular Hbond substituents is 1. The van der Waals surface area contributed by atoms with E-state index in [-0.39, 0.29) is 25.0 Å². The molecule has 0 radical (unpaired) electrons. The van der Waals surface area contributed by atoms with E-state index in [1.165, 1.54) is 24.3 Å². The van der Waals surface area contributed by atoms with Gasteiger partial charge in [-0.2, -0.15) is 0 Å². The van der Waals surface area contributed by atoms with Crippen molar-refractivity contribution >= 4 is 41.4 Å². The number of carbonyl (C=O) groups excluding carboxylic acids is 6. The lowest BCUT2D eigenvalue weighted by atomic mass is 10.0. The highest BCUT2D eigenvalue weighted by Gasteiger charge is 2.32. The standard InChI is InChI=1S/C22H31N7O9/c23-12(5-6-16(24)31)19(34)27-13(8-17(25)32)20(35)28-14(9-18(26)33)21(36)29-15(22(37)38)7-10-1-3-11(30)4-2-10/h1-4,12-15,30H,5-9,23H2,(H2,24,31)(H2,25,32)(H2,26,33)(H,27,34)(H,28,35)(H,29,36)(H,37,38). The van der Waals surface area contributed by atoms with Crippen molar-refractivity contribution in [3.63, 3.8) is 0 Å². The summed E-state index contributed by atoms with van der Waals surface area (Å²) in [6.45, 7) is 0. The molecule has 0 saturated carbocycles. The van der Waals surface area contributed by atoms with Crippen molar-refractivity contribution < 1.29 is 43.8 Å². The molecule has 1 aromatic carbocycles. The maximum atomic E-state index is 12.8. The fraction of sp³-hybridized carbons (Fsp3) is 0.409. The van der Waals surface area contributed by atoms with Crippen molar-refractivity contribution in [2.24, 2.45) is 22.9 Å². The first-order chi connectivity index (χ1) is 17.7. The fourth-order valence-electron chi connectivity index (χ4n) is 3.14. The van der Waals surface area contributed by atoms with Crippen LogP contribution in [0.1, 0.15) is 31.2 Å². The Labute approximate surface area is 216 Å². The molecule has 6 amide bonds. The normalized spacial score (nSPS) is 13.7. The summed E-state index contributed by atoms with van der Waals surface area (Å²) in [6, 6.07) is -0.572. The van der Waals surface area contributed by atoms with Gasteiger partial charge < -0.3 is 49.1 Å². The number of carboxylic acids is 1. The number of benzene rings is 1. The number of aromatic hydroxyl groups is 1. The van der Waals surface area contributed by atoms with Gasteiger partial charge in [-0.15, -0.1) is 0 Å². The summed E-state index contributed by atoms with van der Waals surface area (Å²) in [4.78, 5) is 83.5. The summed E-state index contributed by atoms with van der Waals surface area (Å²) in [5, 5.41) is 25.4. The average molecular weight is 538 g/mol. The average Bonchev–Trinajstić information content (AvgIpc) is 2.81. The number of aliphatic carboxylic acids is 1. The van der Waals surface area contributed by atoms with Crippen LogP contribution in [0.4, 0.5) is 0 Å². The van der Waals surface area contributed by atoms with Gasteiger partial charge in [0.15, 0.2) is 0 Å². The van der Waals surface area contributed by atoms with Crippen molar-refractivity contribution in [3.05, 3.63) is 29.8 Å². The Morgan fingerprint density at radius 2 is 1.16 bits per heavy atom. The predicted molar refractivity (Wildman–Crippen MR) is 129 cm³/mol. The van der Waals surface area contributed by atoms with Gasteiger partial charge in [-0.3, -0.25) is 28.8 Å². The van der Waals surface area contributed by atoms with Crippen LogP contribution in [-0.2, 0) is 40.0 Å². The highest BCUT2D eigenvalue weighted by Crippen LogP contribution is 2.12. The van der Waals surface area contributed by atoms with E-state index in [9.17, 15) is 43.8 Å². The maximum Gasteiger partial charge on any atom is 0.326 e. The minimum absolute atomic E-state index is 0.0553. The van der Waals surface area contributed by atoms with Crippen LogP contribution in [0.2, 0.25) is 0 Å². The van der Waals surface area contributed by atoms with Crippen LogP contribution in [0.5, 0.6) is 5.75 Å². The van der Waals surface area contributed by atoms with Crippen LogP contribution in [0.15, 0.2) is 24.3 Å². The summed E-state index contributed by atoms with van der Waals surface area (Å²) in [6.07, 6.45) is -2.06. The lowest BCUT2D eigenvalue weighted by Gasteiger charge is -2.24. The summed E-state index contributed by atoms with van der Waals surface area (Å²) < 4.78 is 0. The molecular formula is C22H31N7O9. The molecule has 0 aliphatic heterocycles. The van der Waals surface area contributed by atoms with Gasteiger partial charge in [0.1, 0.15) is 23.9 Å². The molecule has 16 heteroatoms. The molecular weight excluding hydrogens is 506 g/mol. The highest BCUT2D eigenvalue weighted by molar-refractivity contribution is 5.97. The number of phenols is 1. The molecule has 0 bridgehead atoms. The quantitative estimate of drug-likeness (QED) is 0.0979. The minimum atomic E-state index is -1.68. The van der Waals surface area contributed by atoms with Crippen LogP contribution >= 0.6 is 0 Å². The Bertz CT molecular complexity index is 1060. The van der Waals surface area contributed by atoms with Crippen molar-refractivity contribution in [1.29, 1.82) is 0 Å². The fourth-order valence-corrected chi connectivity index (χ4v) is 3.14. The van der Waals surface area contributed by atoms with Crippen molar-refractivity contribution in [1.82, 2.24) is 16.0 Å². The predicted octanol–water partition coefficient (Wildman–Crippen LogP) is -4.18. The molecule has 208 valence electrons. The second kappa shape index (κ2) is 14.7. The van der Waals surface area contributed by atoms with Crippen LogP contribution in [0.25, 0.3) is 0 Å². The number of nitrogens with one attached hydrogen (secondary N) is 3. The largest absolute Gasteiger partial charge is 0.508 e. The Hall–Kier alpha value is -4.73. The number of hydrogen-bond donors (Lipinski definition) is 9. The zero-order valence-electron chi connectivity index (χ0n) is 20.2. The molecule has 0 aliphatic rings. The number of primary amides is 3. The van der Waals surface area contributed by atoms with E-state index in [0.29, 0.717) is 5.56 Å². The number of carbonyl (C=O) groups is 7. The van der Waals surface area contributed by atoms with Crippen LogP contribution in [0, 0.1) is 0 Å². The first-order valence-corrected chi connectivity index (χ1v) is 11.2. The van der Waals surface area contributed by atoms with Gasteiger partial charge in [-0.05, 0) is 24.1 Å². The zero-order chi connectivity index (χ0) is 29.0. The Morgan fingerprint density at radius 3 is 1.58 bits per heavy atom. The molecule has 4 atom stereocenters. The molecule has 0 saturated heterocycles. The number of rotatable bonds is 16. The lowest BCUT2D eigenvalue weighted by Crippen LogP contribution is -2.58. The number of amides is 6. The SMILES string of the molecule is NC(=O)CCC(N)C(=O)NC(CC(N)=O)C(=O)NC(CC(N)=O)C(=O)NC(Cc1ccc(O)cc1)C(=O)O. The third-order valence-electron chi connectivity index (χ3n) is 5.11. The van der Waals surface area contributed by atoms with Gasteiger partial charge in [0.25, 0.3) is 0 Å². The molecule has 1 rings (SSSR count). The molecule has 0 heterocycles. The van der Waals surface area contributed by atoms with E-state index in [1.807, 2.05) is 0 Å².